The first-order valence-corrected chi connectivity index (χ1v) is 11.5. The van der Waals surface area contributed by atoms with E-state index in [1.165, 1.54) is 6.92 Å². The normalized spacial score (nSPS) is 20.9. The van der Waals surface area contributed by atoms with Crippen molar-refractivity contribution in [2.45, 2.75) is 50.7 Å². The fraction of sp³-hybridized carbons (Fsp3) is 0.455. The van der Waals surface area contributed by atoms with Gasteiger partial charge in [0, 0.05) is 25.5 Å². The Kier molecular flexibility index (Phi) is 6.44. The number of aromatic nitrogens is 6. The van der Waals surface area contributed by atoms with E-state index >= 15 is 0 Å². The van der Waals surface area contributed by atoms with Crippen LogP contribution in [0.15, 0.2) is 24.8 Å². The van der Waals surface area contributed by atoms with Gasteiger partial charge < -0.3 is 15.0 Å². The molecule has 5 heterocycles. The number of alkyl halides is 5. The maximum Gasteiger partial charge on any atom is 0.419 e. The zero-order valence-electron chi connectivity index (χ0n) is 19.7. The Labute approximate surface area is 211 Å². The summed E-state index contributed by atoms with van der Waals surface area (Å²) in [6, 6.07) is -1.01. The molecule has 0 bridgehead atoms. The molecule has 202 valence electrons. The van der Waals surface area contributed by atoms with Crippen LogP contribution in [0.1, 0.15) is 35.1 Å². The smallest absolute Gasteiger partial charge is 0.352 e. The monoisotopic (exact) mass is 542 g/mol. The molecule has 16 heteroatoms. The van der Waals surface area contributed by atoms with Crippen molar-refractivity contribution in [1.29, 1.82) is 0 Å². The number of hydrogen-bond donors (Lipinski definition) is 1. The van der Waals surface area contributed by atoms with Crippen molar-refractivity contribution in [3.63, 3.8) is 0 Å². The average molecular weight is 542 g/mol. The van der Waals surface area contributed by atoms with E-state index in [-0.39, 0.29) is 29.6 Å². The molecule has 2 aliphatic heterocycles. The maximum absolute atomic E-state index is 14.4. The second-order valence-electron chi connectivity index (χ2n) is 8.86. The van der Waals surface area contributed by atoms with Gasteiger partial charge in [-0.15, -0.1) is 0 Å². The predicted octanol–water partition coefficient (Wildman–Crippen LogP) is 3.17. The fourth-order valence-electron chi connectivity index (χ4n) is 4.51. The summed E-state index contributed by atoms with van der Waals surface area (Å²) in [5.41, 5.74) is -0.377. The molecule has 1 amide bonds. The van der Waals surface area contributed by atoms with Gasteiger partial charge in [-0.1, -0.05) is 0 Å². The lowest BCUT2D eigenvalue weighted by molar-refractivity contribution is -0.298. The molecule has 0 unspecified atom stereocenters. The average Bonchev–Trinajstić information content (AvgIpc) is 3.44. The lowest BCUT2D eigenvalue weighted by Crippen LogP contribution is -2.61. The van der Waals surface area contributed by atoms with Crippen LogP contribution in [0.2, 0.25) is 0 Å². The number of carbonyl (C=O) groups is 1. The summed E-state index contributed by atoms with van der Waals surface area (Å²) in [7, 11) is 0. The minimum atomic E-state index is -4.63. The first-order chi connectivity index (χ1) is 17.9. The SMILES string of the molecule is C[C@@H]1OC(F)(F)CN(C(=O)c2nn3c(c2-c2ncc(F)cn2)CCC3)[C@@H]1CNc1ncc(C(F)(F)F)cn1. The van der Waals surface area contributed by atoms with E-state index < -0.39 is 48.3 Å². The van der Waals surface area contributed by atoms with Gasteiger partial charge in [0.2, 0.25) is 5.95 Å². The van der Waals surface area contributed by atoms with Crippen LogP contribution >= 0.6 is 0 Å². The highest BCUT2D eigenvalue weighted by Crippen LogP contribution is 2.34. The van der Waals surface area contributed by atoms with Gasteiger partial charge in [0.1, 0.15) is 6.54 Å². The first-order valence-electron chi connectivity index (χ1n) is 11.5. The molecule has 2 atom stereocenters. The summed E-state index contributed by atoms with van der Waals surface area (Å²) in [4.78, 5) is 29.7. The third kappa shape index (κ3) is 4.99. The lowest BCUT2D eigenvalue weighted by atomic mass is 10.0. The minimum absolute atomic E-state index is 0.0267. The van der Waals surface area contributed by atoms with Crippen LogP contribution < -0.4 is 5.32 Å². The highest BCUT2D eigenvalue weighted by atomic mass is 19.4. The summed E-state index contributed by atoms with van der Waals surface area (Å²) >= 11 is 0. The second-order valence-corrected chi connectivity index (χ2v) is 8.86. The molecule has 1 fully saturated rings. The van der Waals surface area contributed by atoms with E-state index in [9.17, 15) is 31.1 Å². The molecular formula is C22H20F6N8O2. The van der Waals surface area contributed by atoms with Crippen molar-refractivity contribution in [2.24, 2.45) is 0 Å². The van der Waals surface area contributed by atoms with E-state index in [0.29, 0.717) is 31.1 Å². The number of halogens is 6. The van der Waals surface area contributed by atoms with Gasteiger partial charge in [-0.3, -0.25) is 9.48 Å². The number of fused-ring (bicyclic) bond motifs is 1. The van der Waals surface area contributed by atoms with Gasteiger partial charge in [-0.25, -0.2) is 24.3 Å². The summed E-state index contributed by atoms with van der Waals surface area (Å²) in [6.07, 6.45) is -5.22. The van der Waals surface area contributed by atoms with Gasteiger partial charge in [-0.2, -0.15) is 27.1 Å². The number of morpholine rings is 1. The molecule has 0 aromatic carbocycles. The molecule has 0 aliphatic carbocycles. The Morgan fingerprint density at radius 2 is 1.84 bits per heavy atom. The first kappa shape index (κ1) is 25.8. The van der Waals surface area contributed by atoms with Gasteiger partial charge in [0.15, 0.2) is 17.3 Å². The Bertz CT molecular complexity index is 1330. The zero-order chi connectivity index (χ0) is 27.2. The van der Waals surface area contributed by atoms with Crippen molar-refractivity contribution in [3.05, 3.63) is 47.6 Å². The largest absolute Gasteiger partial charge is 0.419 e. The van der Waals surface area contributed by atoms with E-state index in [1.54, 1.807) is 4.68 Å². The van der Waals surface area contributed by atoms with Crippen LogP contribution in [0.25, 0.3) is 11.4 Å². The molecule has 1 N–H and O–H groups in total. The molecule has 10 nitrogen and oxygen atoms in total. The number of hydrogen-bond acceptors (Lipinski definition) is 8. The van der Waals surface area contributed by atoms with Crippen LogP contribution in [0.5, 0.6) is 0 Å². The third-order valence-corrected chi connectivity index (χ3v) is 6.25. The molecule has 3 aromatic heterocycles. The van der Waals surface area contributed by atoms with E-state index in [0.717, 1.165) is 23.7 Å². The van der Waals surface area contributed by atoms with Crippen molar-refractivity contribution < 1.29 is 35.9 Å². The molecular weight excluding hydrogens is 522 g/mol. The topological polar surface area (TPSA) is 111 Å². The number of aryl methyl sites for hydroxylation is 1. The Hall–Kier alpha value is -3.82. The Balaban J connectivity index is 1.45. The van der Waals surface area contributed by atoms with Gasteiger partial charge in [-0.05, 0) is 19.8 Å². The summed E-state index contributed by atoms with van der Waals surface area (Å²) < 4.78 is 87.1. The summed E-state index contributed by atoms with van der Waals surface area (Å²) in [5.74, 6) is -1.72. The number of nitrogens with zero attached hydrogens (tertiary/aromatic N) is 7. The van der Waals surface area contributed by atoms with Crippen molar-refractivity contribution in [1.82, 2.24) is 34.6 Å². The lowest BCUT2D eigenvalue weighted by Gasteiger charge is -2.42. The summed E-state index contributed by atoms with van der Waals surface area (Å²) in [5, 5.41) is 7.02. The van der Waals surface area contributed by atoms with E-state index in [4.69, 9.17) is 4.74 Å². The van der Waals surface area contributed by atoms with Crippen LogP contribution in [0.3, 0.4) is 0 Å². The number of carbonyl (C=O) groups excluding carboxylic acids is 1. The van der Waals surface area contributed by atoms with Crippen LogP contribution in [-0.2, 0) is 23.9 Å². The van der Waals surface area contributed by atoms with E-state index in [1.807, 2.05) is 0 Å². The van der Waals surface area contributed by atoms with Crippen molar-refractivity contribution in [2.75, 3.05) is 18.4 Å². The predicted molar refractivity (Wildman–Crippen MR) is 117 cm³/mol. The number of anilines is 1. The Morgan fingerprint density at radius 1 is 1.16 bits per heavy atom. The summed E-state index contributed by atoms with van der Waals surface area (Å²) in [6.45, 7) is 0.500. The Morgan fingerprint density at radius 3 is 2.50 bits per heavy atom. The maximum atomic E-state index is 14.4. The molecule has 38 heavy (non-hydrogen) atoms. The van der Waals surface area contributed by atoms with Crippen molar-refractivity contribution >= 4 is 11.9 Å². The van der Waals surface area contributed by atoms with E-state index in [2.05, 4.69) is 30.4 Å². The molecule has 3 aromatic rings. The van der Waals surface area contributed by atoms with Crippen molar-refractivity contribution in [3.8, 4) is 11.4 Å². The number of nitrogens with one attached hydrogen (secondary N) is 1. The van der Waals surface area contributed by atoms with Gasteiger partial charge >= 0.3 is 12.3 Å². The molecule has 2 aliphatic rings. The highest BCUT2D eigenvalue weighted by molar-refractivity contribution is 5.99. The third-order valence-electron chi connectivity index (χ3n) is 6.25. The molecule has 0 radical (unpaired) electrons. The molecule has 0 saturated carbocycles. The standard InChI is InChI=1S/C22H20F6N8O2/c1-11-15(9-33-20-31-5-12(6-32-20)22(26,27)28)35(10-21(24,25)38-11)19(37)17-16(14-3-2-4-36(14)34-17)18-29-7-13(23)8-30-18/h5-8,11,15H,2-4,9-10H2,1H3,(H,31,32,33)/t11-,15+/m0/s1. The quantitative estimate of drug-likeness (QED) is 0.490. The van der Waals surface area contributed by atoms with Gasteiger partial charge in [0.05, 0.1) is 41.4 Å². The van der Waals surface area contributed by atoms with Crippen LogP contribution in [0, 0.1) is 5.82 Å². The zero-order valence-corrected chi connectivity index (χ0v) is 19.7. The number of ether oxygens (including phenoxy) is 1. The second kappa shape index (κ2) is 9.49. The number of rotatable bonds is 5. The molecule has 1 saturated heterocycles. The fourth-order valence-corrected chi connectivity index (χ4v) is 4.51. The molecule has 0 spiro atoms. The minimum Gasteiger partial charge on any atom is -0.352 e. The van der Waals surface area contributed by atoms with Crippen LogP contribution in [-0.4, -0.2) is 71.9 Å². The number of amides is 1. The van der Waals surface area contributed by atoms with Gasteiger partial charge in [0.25, 0.3) is 5.91 Å². The molecule has 5 rings (SSSR count). The van der Waals surface area contributed by atoms with Crippen LogP contribution in [0.4, 0.5) is 32.3 Å². The highest BCUT2D eigenvalue weighted by Gasteiger charge is 2.48.